The Morgan fingerprint density at radius 1 is 0.297 bits per heavy atom. The molecule has 6 heteroatoms. The van der Waals surface area contributed by atoms with E-state index >= 15 is 0 Å². The van der Waals surface area contributed by atoms with E-state index in [-0.39, 0.29) is 18.5 Å². The number of ether oxygens (including phenoxy) is 1. The molecule has 1 amide bonds. The minimum atomic E-state index is -0.663. The summed E-state index contributed by atoms with van der Waals surface area (Å²) in [7, 11) is 0. The maximum absolute atomic E-state index is 12.6. The Bertz CT molecular complexity index is 1380. The highest BCUT2D eigenvalue weighted by Gasteiger charge is 2.20. The van der Waals surface area contributed by atoms with Crippen LogP contribution >= 0.6 is 0 Å². The number of carbonyl (C=O) groups is 2. The summed E-state index contributed by atoms with van der Waals surface area (Å²) < 4.78 is 5.52. The zero-order valence-corrected chi connectivity index (χ0v) is 62.4. The first-order valence-electron chi connectivity index (χ1n) is 42.4. The number of nitrogens with one attached hydrogen (secondary N) is 1. The molecule has 0 saturated carbocycles. The van der Waals surface area contributed by atoms with Gasteiger partial charge in [-0.1, -0.05) is 443 Å². The van der Waals surface area contributed by atoms with Crippen molar-refractivity contribution in [2.45, 2.75) is 508 Å². The van der Waals surface area contributed by atoms with Crippen molar-refractivity contribution in [3.63, 3.8) is 0 Å². The number of unbranched alkanes of at least 4 members (excludes halogenated alkanes) is 68. The quantitative estimate of drug-likeness (QED) is 0.0320. The molecule has 542 valence electrons. The van der Waals surface area contributed by atoms with Gasteiger partial charge in [0.1, 0.15) is 0 Å². The molecule has 3 N–H and O–H groups in total. The molecular formula is C85H167NO5. The van der Waals surface area contributed by atoms with E-state index in [0.717, 1.165) is 38.5 Å². The molecule has 0 aliphatic heterocycles. The third kappa shape index (κ3) is 77.5. The molecule has 2 unspecified atom stereocenters. The Morgan fingerprint density at radius 3 is 0.780 bits per heavy atom. The number of carbonyl (C=O) groups excluding carboxylic acids is 2. The normalized spacial score (nSPS) is 12.4. The van der Waals surface area contributed by atoms with E-state index in [9.17, 15) is 19.8 Å². The van der Waals surface area contributed by atoms with E-state index in [4.69, 9.17) is 4.74 Å². The van der Waals surface area contributed by atoms with Gasteiger partial charge in [0.15, 0.2) is 0 Å². The predicted octanol–water partition coefficient (Wildman–Crippen LogP) is 28.2. The third-order valence-corrected chi connectivity index (χ3v) is 20.3. The first kappa shape index (κ1) is 89.6. The van der Waals surface area contributed by atoms with E-state index in [2.05, 4.69) is 31.3 Å². The second kappa shape index (κ2) is 81.0. The molecule has 0 aromatic heterocycles. The lowest BCUT2D eigenvalue weighted by Gasteiger charge is -2.22. The maximum atomic E-state index is 12.6. The molecule has 0 spiro atoms. The number of aliphatic hydroxyl groups is 2. The van der Waals surface area contributed by atoms with Gasteiger partial charge in [-0.3, -0.25) is 9.59 Å². The molecular weight excluding hydrogens is 1110 g/mol. The van der Waals surface area contributed by atoms with Crippen LogP contribution in [0.15, 0.2) is 12.2 Å². The topological polar surface area (TPSA) is 95.9 Å². The van der Waals surface area contributed by atoms with Gasteiger partial charge >= 0.3 is 5.97 Å². The van der Waals surface area contributed by atoms with Crippen molar-refractivity contribution >= 4 is 11.9 Å². The summed E-state index contributed by atoms with van der Waals surface area (Å²) in [6, 6.07) is -0.540. The van der Waals surface area contributed by atoms with Crippen molar-refractivity contribution in [1.82, 2.24) is 5.32 Å². The molecule has 0 bridgehead atoms. The highest BCUT2D eigenvalue weighted by Crippen LogP contribution is 2.21. The first-order chi connectivity index (χ1) is 45.0. The molecule has 0 radical (unpaired) electrons. The van der Waals surface area contributed by atoms with Crippen LogP contribution in [0.4, 0.5) is 0 Å². The SMILES string of the molecule is CCCCCCCCCCCCCCCCCCCCCCCCCCC(O)C(CO)NC(=O)CCCCCCCCCCCCCCCCCCC/C=C\CCCCCCCCCCCCCCOC(=O)CCCCCCCCCCCCCCCCCCC. The van der Waals surface area contributed by atoms with Crippen LogP contribution < -0.4 is 5.32 Å². The molecule has 0 aromatic rings. The van der Waals surface area contributed by atoms with Crippen LogP contribution in [-0.4, -0.2) is 47.4 Å². The summed E-state index contributed by atoms with van der Waals surface area (Å²) in [5.41, 5.74) is 0. The summed E-state index contributed by atoms with van der Waals surface area (Å²) in [5, 5.41) is 23.5. The number of aliphatic hydroxyl groups excluding tert-OH is 2. The van der Waals surface area contributed by atoms with Crippen molar-refractivity contribution in [2.75, 3.05) is 13.2 Å². The lowest BCUT2D eigenvalue weighted by molar-refractivity contribution is -0.143. The number of hydrogen-bond acceptors (Lipinski definition) is 5. The lowest BCUT2D eigenvalue weighted by Crippen LogP contribution is -2.45. The van der Waals surface area contributed by atoms with Gasteiger partial charge in [-0.25, -0.2) is 0 Å². The summed E-state index contributed by atoms with van der Waals surface area (Å²) in [6.45, 7) is 5.02. The van der Waals surface area contributed by atoms with Gasteiger partial charge in [0, 0.05) is 12.8 Å². The fraction of sp³-hybridized carbons (Fsp3) is 0.953. The Balaban J connectivity index is 3.34. The third-order valence-electron chi connectivity index (χ3n) is 20.3. The predicted molar refractivity (Wildman–Crippen MR) is 403 cm³/mol. The highest BCUT2D eigenvalue weighted by molar-refractivity contribution is 5.76. The van der Waals surface area contributed by atoms with Crippen molar-refractivity contribution in [2.24, 2.45) is 0 Å². The van der Waals surface area contributed by atoms with Gasteiger partial charge in [-0.05, 0) is 51.4 Å². The van der Waals surface area contributed by atoms with Gasteiger partial charge in [0.25, 0.3) is 0 Å². The molecule has 91 heavy (non-hydrogen) atoms. The van der Waals surface area contributed by atoms with Crippen LogP contribution in [0, 0.1) is 0 Å². The Kier molecular flexibility index (Phi) is 79.8. The summed E-state index contributed by atoms with van der Waals surface area (Å²) >= 11 is 0. The summed E-state index contributed by atoms with van der Waals surface area (Å²) in [5.74, 6) is -0.00114. The molecule has 0 rings (SSSR count). The monoisotopic (exact) mass is 1280 g/mol. The van der Waals surface area contributed by atoms with Gasteiger partial charge in [0.2, 0.25) is 5.91 Å². The Hall–Kier alpha value is -1.40. The zero-order chi connectivity index (χ0) is 65.6. The Morgan fingerprint density at radius 2 is 0.516 bits per heavy atom. The number of hydrogen-bond donors (Lipinski definition) is 3. The molecule has 2 atom stereocenters. The highest BCUT2D eigenvalue weighted by atomic mass is 16.5. The molecule has 0 fully saturated rings. The maximum Gasteiger partial charge on any atom is 0.305 e. The molecule has 6 nitrogen and oxygen atoms in total. The smallest absolute Gasteiger partial charge is 0.305 e. The van der Waals surface area contributed by atoms with Crippen LogP contribution in [0.5, 0.6) is 0 Å². The van der Waals surface area contributed by atoms with Crippen molar-refractivity contribution < 1.29 is 24.5 Å². The number of allylic oxidation sites excluding steroid dienone is 2. The second-order valence-electron chi connectivity index (χ2n) is 29.5. The number of esters is 1. The van der Waals surface area contributed by atoms with Crippen LogP contribution in [0.3, 0.4) is 0 Å². The minimum Gasteiger partial charge on any atom is -0.466 e. The molecule has 0 aliphatic carbocycles. The van der Waals surface area contributed by atoms with Crippen molar-refractivity contribution in [3.05, 3.63) is 12.2 Å². The van der Waals surface area contributed by atoms with Crippen LogP contribution in [0.25, 0.3) is 0 Å². The largest absolute Gasteiger partial charge is 0.466 e. The molecule has 0 aliphatic rings. The number of rotatable bonds is 81. The molecule has 0 heterocycles. The standard InChI is InChI=1S/C85H167NO5/c1-3-5-7-9-11-13-15-17-19-21-22-23-24-36-39-42-46-49-53-57-61-65-69-73-77-83(88)82(81-87)86-84(89)78-74-70-66-62-58-54-50-47-43-40-37-34-32-30-28-26-25-27-29-31-33-35-38-41-44-48-52-56-60-64-68-72-76-80-91-85(90)79-75-71-67-63-59-55-51-45-20-18-16-14-12-10-8-6-4-2/h29,31,82-83,87-88H,3-28,30,32-81H2,1-2H3,(H,86,89)/b31-29-. The summed E-state index contributed by atoms with van der Waals surface area (Å²) in [4.78, 5) is 24.7. The summed E-state index contributed by atoms with van der Waals surface area (Å²) in [6.07, 6.45) is 103. The van der Waals surface area contributed by atoms with E-state index in [1.54, 1.807) is 0 Å². The van der Waals surface area contributed by atoms with Gasteiger partial charge in [-0.15, -0.1) is 0 Å². The average molecular weight is 1280 g/mol. The fourth-order valence-electron chi connectivity index (χ4n) is 13.9. The molecule has 0 saturated heterocycles. The van der Waals surface area contributed by atoms with Gasteiger partial charge < -0.3 is 20.3 Å². The van der Waals surface area contributed by atoms with Crippen LogP contribution in [0.2, 0.25) is 0 Å². The minimum absolute atomic E-state index is 0.0242. The van der Waals surface area contributed by atoms with E-state index in [0.29, 0.717) is 25.9 Å². The van der Waals surface area contributed by atoms with Gasteiger partial charge in [-0.2, -0.15) is 0 Å². The molecule has 0 aromatic carbocycles. The number of amides is 1. The van der Waals surface area contributed by atoms with E-state index in [1.165, 1.54) is 424 Å². The van der Waals surface area contributed by atoms with E-state index < -0.39 is 12.1 Å². The Labute approximate surface area is 571 Å². The van der Waals surface area contributed by atoms with Crippen LogP contribution in [0.1, 0.15) is 495 Å². The van der Waals surface area contributed by atoms with Crippen molar-refractivity contribution in [3.8, 4) is 0 Å². The zero-order valence-electron chi connectivity index (χ0n) is 62.4. The van der Waals surface area contributed by atoms with Gasteiger partial charge in [0.05, 0.1) is 25.4 Å². The fourth-order valence-corrected chi connectivity index (χ4v) is 13.9. The second-order valence-corrected chi connectivity index (χ2v) is 29.5. The van der Waals surface area contributed by atoms with Crippen LogP contribution in [-0.2, 0) is 14.3 Å². The lowest BCUT2D eigenvalue weighted by atomic mass is 10.0. The first-order valence-corrected chi connectivity index (χ1v) is 42.4. The average Bonchev–Trinajstić information content (AvgIpc) is 3.64. The van der Waals surface area contributed by atoms with Crippen molar-refractivity contribution in [1.29, 1.82) is 0 Å². The van der Waals surface area contributed by atoms with E-state index in [1.807, 2.05) is 0 Å².